The molecule has 1 unspecified atom stereocenters. The predicted octanol–water partition coefficient (Wildman–Crippen LogP) is 3.45. The van der Waals surface area contributed by atoms with Crippen LogP contribution < -0.4 is 5.32 Å². The normalized spacial score (nSPS) is 16.4. The van der Waals surface area contributed by atoms with Crippen molar-refractivity contribution in [1.29, 1.82) is 0 Å². The number of carbonyl (C=O) groups excluding carboxylic acids is 1. The van der Waals surface area contributed by atoms with Crippen LogP contribution in [0.1, 0.15) is 27.5 Å². The van der Waals surface area contributed by atoms with E-state index in [1.807, 2.05) is 55.5 Å². The molecular formula is C20H23ClN2O2. The van der Waals surface area contributed by atoms with Gasteiger partial charge < -0.3 is 10.1 Å². The number of aryl methyl sites for hydroxylation is 1. The van der Waals surface area contributed by atoms with Crippen molar-refractivity contribution in [2.24, 2.45) is 0 Å². The second-order valence-electron chi connectivity index (χ2n) is 6.27. The van der Waals surface area contributed by atoms with Gasteiger partial charge in [-0.05, 0) is 30.7 Å². The number of nitrogens with one attached hydrogen (secondary N) is 1. The molecule has 0 bridgehead atoms. The fraction of sp³-hybridized carbons (Fsp3) is 0.350. The zero-order valence-electron chi connectivity index (χ0n) is 14.4. The first kappa shape index (κ1) is 17.9. The van der Waals surface area contributed by atoms with Gasteiger partial charge in [0.1, 0.15) is 0 Å². The first-order valence-corrected chi connectivity index (χ1v) is 8.94. The minimum atomic E-state index is -0.0611. The van der Waals surface area contributed by atoms with Gasteiger partial charge in [-0.3, -0.25) is 9.69 Å². The Hall–Kier alpha value is -1.88. The Bertz CT molecular complexity index is 729. The van der Waals surface area contributed by atoms with Crippen LogP contribution in [0.15, 0.2) is 48.5 Å². The Labute approximate surface area is 153 Å². The first-order chi connectivity index (χ1) is 12.1. The number of rotatable bonds is 5. The molecular weight excluding hydrogens is 336 g/mol. The third kappa shape index (κ3) is 4.60. The lowest BCUT2D eigenvalue weighted by Gasteiger charge is -2.35. The average molecular weight is 359 g/mol. The fourth-order valence-electron chi connectivity index (χ4n) is 3.15. The molecule has 132 valence electrons. The number of hydrogen-bond donors (Lipinski definition) is 1. The maximum atomic E-state index is 12.5. The lowest BCUT2D eigenvalue weighted by molar-refractivity contribution is 0.0162. The van der Waals surface area contributed by atoms with Crippen molar-refractivity contribution >= 4 is 17.5 Å². The van der Waals surface area contributed by atoms with Crippen molar-refractivity contribution in [3.05, 3.63) is 70.2 Å². The average Bonchev–Trinajstić information content (AvgIpc) is 2.64. The standard InChI is InChI=1S/C20H23ClN2O2/c1-15-5-4-6-16(13-15)20(24)22-14-19(23-9-11-25-12-10-23)17-7-2-3-8-18(17)21/h2-8,13,19H,9-12,14H2,1H3,(H,22,24). The number of benzene rings is 2. The van der Waals surface area contributed by atoms with E-state index in [9.17, 15) is 4.79 Å². The second kappa shape index (κ2) is 8.48. The van der Waals surface area contributed by atoms with Crippen molar-refractivity contribution in [3.8, 4) is 0 Å². The van der Waals surface area contributed by atoms with Crippen molar-refractivity contribution in [2.45, 2.75) is 13.0 Å². The van der Waals surface area contributed by atoms with Crippen LogP contribution in [0, 0.1) is 6.92 Å². The molecule has 1 aliphatic rings. The van der Waals surface area contributed by atoms with E-state index >= 15 is 0 Å². The van der Waals surface area contributed by atoms with Crippen LogP contribution in [-0.2, 0) is 4.74 Å². The molecule has 2 aromatic carbocycles. The summed E-state index contributed by atoms with van der Waals surface area (Å²) in [5.74, 6) is -0.0611. The van der Waals surface area contributed by atoms with E-state index in [1.54, 1.807) is 0 Å². The number of nitrogens with zero attached hydrogens (tertiary/aromatic N) is 1. The number of carbonyl (C=O) groups is 1. The highest BCUT2D eigenvalue weighted by Crippen LogP contribution is 2.27. The number of morpholine rings is 1. The minimum absolute atomic E-state index is 0.0337. The zero-order chi connectivity index (χ0) is 17.6. The van der Waals surface area contributed by atoms with E-state index in [-0.39, 0.29) is 11.9 Å². The third-order valence-corrected chi connectivity index (χ3v) is 4.83. The summed E-state index contributed by atoms with van der Waals surface area (Å²) < 4.78 is 5.46. The van der Waals surface area contributed by atoms with Gasteiger partial charge in [-0.15, -0.1) is 0 Å². The molecule has 1 amide bonds. The Balaban J connectivity index is 1.75. The van der Waals surface area contributed by atoms with Gasteiger partial charge in [0.05, 0.1) is 19.3 Å². The lowest BCUT2D eigenvalue weighted by atomic mass is 10.0. The van der Waals surface area contributed by atoms with E-state index in [2.05, 4.69) is 10.2 Å². The maximum absolute atomic E-state index is 12.5. The van der Waals surface area contributed by atoms with Crippen LogP contribution in [0.25, 0.3) is 0 Å². The molecule has 2 aromatic rings. The molecule has 1 atom stereocenters. The van der Waals surface area contributed by atoms with Crippen LogP contribution in [0.3, 0.4) is 0 Å². The SMILES string of the molecule is Cc1cccc(C(=O)NCC(c2ccccc2Cl)N2CCOCC2)c1. The van der Waals surface area contributed by atoms with Gasteiger partial charge in [0.25, 0.3) is 5.91 Å². The van der Waals surface area contributed by atoms with Gasteiger partial charge in [-0.1, -0.05) is 47.5 Å². The molecule has 0 aliphatic carbocycles. The van der Waals surface area contributed by atoms with E-state index in [0.717, 1.165) is 29.2 Å². The highest BCUT2D eigenvalue weighted by molar-refractivity contribution is 6.31. The Kier molecular flexibility index (Phi) is 6.08. The van der Waals surface area contributed by atoms with Crippen LogP contribution in [-0.4, -0.2) is 43.7 Å². The van der Waals surface area contributed by atoms with E-state index in [1.165, 1.54) is 0 Å². The van der Waals surface area contributed by atoms with Crippen LogP contribution in [0.5, 0.6) is 0 Å². The van der Waals surface area contributed by atoms with Gasteiger partial charge in [0, 0.05) is 30.2 Å². The zero-order valence-corrected chi connectivity index (χ0v) is 15.1. The predicted molar refractivity (Wildman–Crippen MR) is 100 cm³/mol. The Morgan fingerprint density at radius 3 is 2.68 bits per heavy atom. The van der Waals surface area contributed by atoms with Crippen LogP contribution in [0.2, 0.25) is 5.02 Å². The third-order valence-electron chi connectivity index (χ3n) is 4.49. The lowest BCUT2D eigenvalue weighted by Crippen LogP contribution is -2.44. The summed E-state index contributed by atoms with van der Waals surface area (Å²) in [5.41, 5.74) is 2.79. The fourth-order valence-corrected chi connectivity index (χ4v) is 3.41. The second-order valence-corrected chi connectivity index (χ2v) is 6.67. The maximum Gasteiger partial charge on any atom is 0.251 e. The molecule has 3 rings (SSSR count). The van der Waals surface area contributed by atoms with Crippen molar-refractivity contribution in [3.63, 3.8) is 0 Å². The number of hydrogen-bond acceptors (Lipinski definition) is 3. The van der Waals surface area contributed by atoms with Crippen molar-refractivity contribution in [2.75, 3.05) is 32.8 Å². The monoisotopic (exact) mass is 358 g/mol. The smallest absolute Gasteiger partial charge is 0.251 e. The van der Waals surface area contributed by atoms with Crippen LogP contribution >= 0.6 is 11.6 Å². The molecule has 1 fully saturated rings. The Morgan fingerprint density at radius 2 is 1.96 bits per heavy atom. The highest BCUT2D eigenvalue weighted by Gasteiger charge is 2.25. The molecule has 4 nitrogen and oxygen atoms in total. The van der Waals surface area contributed by atoms with E-state index in [4.69, 9.17) is 16.3 Å². The van der Waals surface area contributed by atoms with Gasteiger partial charge in [0.15, 0.2) is 0 Å². The van der Waals surface area contributed by atoms with Gasteiger partial charge >= 0.3 is 0 Å². The molecule has 1 saturated heterocycles. The summed E-state index contributed by atoms with van der Waals surface area (Å²) in [6, 6.07) is 15.5. The van der Waals surface area contributed by atoms with Crippen LogP contribution in [0.4, 0.5) is 0 Å². The summed E-state index contributed by atoms with van der Waals surface area (Å²) in [4.78, 5) is 14.8. The molecule has 0 saturated carbocycles. The molecule has 1 heterocycles. The summed E-state index contributed by atoms with van der Waals surface area (Å²) >= 11 is 6.42. The Morgan fingerprint density at radius 1 is 1.20 bits per heavy atom. The van der Waals surface area contributed by atoms with Gasteiger partial charge in [-0.2, -0.15) is 0 Å². The molecule has 0 spiro atoms. The molecule has 1 aliphatic heterocycles. The summed E-state index contributed by atoms with van der Waals surface area (Å²) in [6.07, 6.45) is 0. The van der Waals surface area contributed by atoms with Gasteiger partial charge in [-0.25, -0.2) is 0 Å². The van der Waals surface area contributed by atoms with E-state index in [0.29, 0.717) is 25.3 Å². The number of halogens is 1. The largest absolute Gasteiger partial charge is 0.379 e. The molecule has 1 N–H and O–H groups in total. The highest BCUT2D eigenvalue weighted by atomic mass is 35.5. The van der Waals surface area contributed by atoms with Gasteiger partial charge in [0.2, 0.25) is 0 Å². The topological polar surface area (TPSA) is 41.6 Å². The van der Waals surface area contributed by atoms with Crippen molar-refractivity contribution in [1.82, 2.24) is 10.2 Å². The van der Waals surface area contributed by atoms with E-state index < -0.39 is 0 Å². The summed E-state index contributed by atoms with van der Waals surface area (Å²) in [5, 5.41) is 3.79. The summed E-state index contributed by atoms with van der Waals surface area (Å²) in [7, 11) is 0. The quantitative estimate of drug-likeness (QED) is 0.890. The summed E-state index contributed by atoms with van der Waals surface area (Å²) in [6.45, 7) is 5.56. The molecule has 0 aromatic heterocycles. The first-order valence-electron chi connectivity index (χ1n) is 8.56. The number of ether oxygens (including phenoxy) is 1. The number of amides is 1. The molecule has 5 heteroatoms. The minimum Gasteiger partial charge on any atom is -0.379 e. The molecule has 25 heavy (non-hydrogen) atoms. The van der Waals surface area contributed by atoms with Crippen molar-refractivity contribution < 1.29 is 9.53 Å². The molecule has 0 radical (unpaired) electrons.